The molecule has 0 saturated heterocycles. The van der Waals surface area contributed by atoms with Crippen molar-refractivity contribution in [3.05, 3.63) is 16.2 Å². The van der Waals surface area contributed by atoms with E-state index in [-0.39, 0.29) is 27.7 Å². The number of carbonyl (C=O) groups is 2. The zero-order chi connectivity index (χ0) is 12.3. The molecule has 1 heterocycles. The maximum absolute atomic E-state index is 10.8. The number of amides is 1. The van der Waals surface area contributed by atoms with Crippen LogP contribution in [0.3, 0.4) is 0 Å². The normalized spacial score (nSPS) is 9.75. The number of hydrogen-bond acceptors (Lipinski definition) is 4. The van der Waals surface area contributed by atoms with Crippen LogP contribution in [-0.4, -0.2) is 16.3 Å². The van der Waals surface area contributed by atoms with Crippen molar-refractivity contribution in [2.45, 2.75) is 6.92 Å². The highest BCUT2D eigenvalue weighted by Crippen LogP contribution is 2.32. The summed E-state index contributed by atoms with van der Waals surface area (Å²) in [5, 5.41) is 2.37. The molecule has 1 amide bonds. The summed E-state index contributed by atoms with van der Waals surface area (Å²) in [6.45, 7) is 1.29. The average Bonchev–Trinajstić information content (AvgIpc) is 2.10. The molecular formula is C8H5Cl3N2O3. The molecule has 0 unspecified atom stereocenters. The molecule has 0 aliphatic heterocycles. The third-order valence-electron chi connectivity index (χ3n) is 1.39. The smallest absolute Gasteiger partial charge is 0.395 e. The summed E-state index contributed by atoms with van der Waals surface area (Å²) in [5.74, 6) is -0.503. The highest BCUT2D eigenvalue weighted by Gasteiger charge is 2.13. The van der Waals surface area contributed by atoms with Gasteiger partial charge in [-0.05, 0) is 0 Å². The molecule has 0 radical (unpaired) electrons. The Balaban J connectivity index is 3.06. The van der Waals surface area contributed by atoms with E-state index in [1.807, 2.05) is 0 Å². The minimum absolute atomic E-state index is 0.0862. The SMILES string of the molecule is CC(=O)Nc1c(Cl)cc(OC(=O)Cl)nc1Cl. The summed E-state index contributed by atoms with van der Waals surface area (Å²) < 4.78 is 4.47. The molecule has 0 aromatic carbocycles. The molecule has 5 nitrogen and oxygen atoms in total. The van der Waals surface area contributed by atoms with Crippen LogP contribution in [-0.2, 0) is 4.79 Å². The molecule has 0 fully saturated rings. The van der Waals surface area contributed by atoms with Gasteiger partial charge in [-0.3, -0.25) is 4.79 Å². The number of hydrogen-bond donors (Lipinski definition) is 1. The first-order valence-corrected chi connectivity index (χ1v) is 5.04. The van der Waals surface area contributed by atoms with Gasteiger partial charge < -0.3 is 10.1 Å². The van der Waals surface area contributed by atoms with Gasteiger partial charge >= 0.3 is 5.43 Å². The average molecular weight is 283 g/mol. The van der Waals surface area contributed by atoms with Crippen LogP contribution in [0.1, 0.15) is 6.92 Å². The Morgan fingerprint density at radius 3 is 2.50 bits per heavy atom. The molecular weight excluding hydrogens is 278 g/mol. The fourth-order valence-electron chi connectivity index (χ4n) is 0.886. The predicted octanol–water partition coefficient (Wildman–Crippen LogP) is 3.08. The largest absolute Gasteiger partial charge is 0.410 e. The van der Waals surface area contributed by atoms with Crippen molar-refractivity contribution in [2.24, 2.45) is 0 Å². The predicted molar refractivity (Wildman–Crippen MR) is 60.4 cm³/mol. The van der Waals surface area contributed by atoms with E-state index in [1.165, 1.54) is 13.0 Å². The number of pyridine rings is 1. The van der Waals surface area contributed by atoms with Gasteiger partial charge in [0.1, 0.15) is 0 Å². The topological polar surface area (TPSA) is 68.3 Å². The van der Waals surface area contributed by atoms with Crippen molar-refractivity contribution in [1.29, 1.82) is 0 Å². The lowest BCUT2D eigenvalue weighted by Gasteiger charge is -2.08. The molecule has 0 aliphatic rings. The van der Waals surface area contributed by atoms with Crippen LogP contribution in [0.4, 0.5) is 10.5 Å². The zero-order valence-corrected chi connectivity index (χ0v) is 10.2. The van der Waals surface area contributed by atoms with Crippen LogP contribution >= 0.6 is 34.8 Å². The standard InChI is InChI=1S/C8H5Cl3N2O3/c1-3(14)12-6-4(9)2-5(13-7(6)10)16-8(11)15/h2H,1H3,(H,12,14). The van der Waals surface area contributed by atoms with E-state index in [9.17, 15) is 9.59 Å². The van der Waals surface area contributed by atoms with Gasteiger partial charge in [-0.1, -0.05) is 23.2 Å². The fourth-order valence-corrected chi connectivity index (χ4v) is 1.48. The molecule has 0 bridgehead atoms. The highest BCUT2D eigenvalue weighted by atomic mass is 35.5. The number of nitrogens with one attached hydrogen (secondary N) is 1. The van der Waals surface area contributed by atoms with Crippen molar-refractivity contribution >= 4 is 51.8 Å². The molecule has 1 aromatic heterocycles. The minimum Gasteiger partial charge on any atom is -0.395 e. The summed E-state index contributed by atoms with van der Waals surface area (Å²) >= 11 is 16.5. The Hall–Kier alpha value is -1.04. The van der Waals surface area contributed by atoms with E-state index >= 15 is 0 Å². The molecule has 16 heavy (non-hydrogen) atoms. The number of anilines is 1. The maximum atomic E-state index is 10.8. The number of halogens is 3. The minimum atomic E-state index is -1.06. The van der Waals surface area contributed by atoms with Crippen molar-refractivity contribution in [3.63, 3.8) is 0 Å². The van der Waals surface area contributed by atoms with E-state index in [0.29, 0.717) is 0 Å². The second kappa shape index (κ2) is 5.34. The molecule has 8 heteroatoms. The molecule has 1 aromatic rings. The Morgan fingerprint density at radius 1 is 1.44 bits per heavy atom. The van der Waals surface area contributed by atoms with Crippen LogP contribution in [0.2, 0.25) is 10.2 Å². The number of carbonyl (C=O) groups excluding carboxylic acids is 2. The van der Waals surface area contributed by atoms with Gasteiger partial charge in [-0.15, -0.1) is 0 Å². The lowest BCUT2D eigenvalue weighted by molar-refractivity contribution is -0.114. The Kier molecular flexibility index (Phi) is 4.35. The van der Waals surface area contributed by atoms with Crippen molar-refractivity contribution < 1.29 is 14.3 Å². The summed E-state index contributed by atoms with van der Waals surface area (Å²) in [7, 11) is 0. The molecule has 86 valence electrons. The summed E-state index contributed by atoms with van der Waals surface area (Å²) in [4.78, 5) is 24.9. The van der Waals surface area contributed by atoms with E-state index in [2.05, 4.69) is 15.0 Å². The number of aromatic nitrogens is 1. The first-order chi connectivity index (χ1) is 7.40. The molecule has 1 N–H and O–H groups in total. The van der Waals surface area contributed by atoms with Crippen molar-refractivity contribution in [2.75, 3.05) is 5.32 Å². The van der Waals surface area contributed by atoms with Crippen LogP contribution < -0.4 is 10.1 Å². The number of ether oxygens (including phenoxy) is 1. The number of nitrogens with zero attached hydrogens (tertiary/aromatic N) is 1. The molecule has 0 spiro atoms. The quantitative estimate of drug-likeness (QED) is 0.669. The first kappa shape index (κ1) is 13.0. The van der Waals surface area contributed by atoms with Gasteiger partial charge in [0.2, 0.25) is 11.8 Å². The maximum Gasteiger partial charge on any atom is 0.410 e. The van der Waals surface area contributed by atoms with Gasteiger partial charge in [0.25, 0.3) is 0 Å². The van der Waals surface area contributed by atoms with Crippen LogP contribution in [0, 0.1) is 0 Å². The number of rotatable bonds is 2. The van der Waals surface area contributed by atoms with Gasteiger partial charge in [0.15, 0.2) is 5.15 Å². The van der Waals surface area contributed by atoms with Gasteiger partial charge in [-0.2, -0.15) is 4.98 Å². The Morgan fingerprint density at radius 2 is 2.06 bits per heavy atom. The zero-order valence-electron chi connectivity index (χ0n) is 7.88. The summed E-state index contributed by atoms with van der Waals surface area (Å²) in [6, 6.07) is 1.21. The fraction of sp³-hybridized carbons (Fsp3) is 0.125. The van der Waals surface area contributed by atoms with Crippen LogP contribution in [0.15, 0.2) is 6.07 Å². The lowest BCUT2D eigenvalue weighted by atomic mass is 10.4. The van der Waals surface area contributed by atoms with Crippen molar-refractivity contribution in [1.82, 2.24) is 4.98 Å². The summed E-state index contributed by atoms with van der Waals surface area (Å²) in [6.07, 6.45) is 0. The van der Waals surface area contributed by atoms with E-state index in [0.717, 1.165) is 0 Å². The molecule has 0 aliphatic carbocycles. The van der Waals surface area contributed by atoms with E-state index < -0.39 is 5.43 Å². The second-order valence-corrected chi connectivity index (χ2v) is 3.70. The molecule has 0 saturated carbocycles. The Bertz CT molecular complexity index is 427. The van der Waals surface area contributed by atoms with E-state index in [4.69, 9.17) is 34.8 Å². The van der Waals surface area contributed by atoms with Crippen LogP contribution in [0.25, 0.3) is 0 Å². The van der Waals surface area contributed by atoms with E-state index in [1.54, 1.807) is 0 Å². The third-order valence-corrected chi connectivity index (χ3v) is 2.04. The van der Waals surface area contributed by atoms with Gasteiger partial charge in [-0.25, -0.2) is 4.79 Å². The van der Waals surface area contributed by atoms with Crippen LogP contribution in [0.5, 0.6) is 5.88 Å². The van der Waals surface area contributed by atoms with Crippen molar-refractivity contribution in [3.8, 4) is 5.88 Å². The summed E-state index contributed by atoms with van der Waals surface area (Å²) in [5.41, 5.74) is -0.919. The first-order valence-electron chi connectivity index (χ1n) is 3.91. The lowest BCUT2D eigenvalue weighted by Crippen LogP contribution is -2.08. The van der Waals surface area contributed by atoms with Gasteiger partial charge in [0, 0.05) is 24.6 Å². The Labute approximate surface area is 106 Å². The third kappa shape index (κ3) is 3.52. The molecule has 0 atom stereocenters. The highest BCUT2D eigenvalue weighted by molar-refractivity contribution is 6.61. The van der Waals surface area contributed by atoms with Gasteiger partial charge in [0.05, 0.1) is 10.7 Å². The molecule has 1 rings (SSSR count). The monoisotopic (exact) mass is 282 g/mol. The second-order valence-electron chi connectivity index (χ2n) is 2.63.